The molecule has 0 aliphatic rings. The molecule has 0 fully saturated rings. The number of carbonyl (C=O) groups excluding carboxylic acids is 1. The van der Waals surface area contributed by atoms with Gasteiger partial charge < -0.3 is 4.74 Å². The van der Waals surface area contributed by atoms with Crippen molar-refractivity contribution in [1.29, 1.82) is 0 Å². The van der Waals surface area contributed by atoms with E-state index in [0.717, 1.165) is 19.3 Å². The van der Waals surface area contributed by atoms with E-state index in [2.05, 4.69) is 6.08 Å². The van der Waals surface area contributed by atoms with Crippen LogP contribution in [0.25, 0.3) is 0 Å². The van der Waals surface area contributed by atoms with Gasteiger partial charge in [-0.1, -0.05) is 12.2 Å². The van der Waals surface area contributed by atoms with Gasteiger partial charge in [-0.05, 0) is 26.2 Å². The van der Waals surface area contributed by atoms with E-state index in [9.17, 15) is 4.79 Å². The predicted octanol–water partition coefficient (Wildman–Crippen LogP) is 2.90. The van der Waals surface area contributed by atoms with Crippen LogP contribution in [0.1, 0.15) is 32.6 Å². The molecule has 0 aromatic rings. The minimum absolute atomic E-state index is 0.103. The van der Waals surface area contributed by atoms with Crippen molar-refractivity contribution in [3.8, 4) is 0 Å². The quantitative estimate of drug-likeness (QED) is 0.276. The van der Waals surface area contributed by atoms with Crippen LogP contribution in [0.2, 0.25) is 0 Å². The first-order valence-corrected chi connectivity index (χ1v) is 5.21. The molecular weight excluding hydrogens is 188 g/mol. The minimum Gasteiger partial charge on any atom is -0.466 e. The van der Waals surface area contributed by atoms with Gasteiger partial charge in [-0.15, -0.1) is 11.6 Å². The van der Waals surface area contributed by atoms with Crippen LogP contribution in [-0.4, -0.2) is 18.5 Å². The highest BCUT2D eigenvalue weighted by Crippen LogP contribution is 1.99. The van der Waals surface area contributed by atoms with Gasteiger partial charge in [0.1, 0.15) is 0 Å². The molecule has 0 unspecified atom stereocenters. The standard InChI is InChI=1S/C10H17ClO2/c1-2-13-10(12)8-6-4-3-5-7-9-11/h3,5H,2,4,6-9H2,1H3. The third-order valence-electron chi connectivity index (χ3n) is 1.50. The Morgan fingerprint density at radius 3 is 2.69 bits per heavy atom. The average Bonchev–Trinajstić information content (AvgIpc) is 2.11. The predicted molar refractivity (Wildman–Crippen MR) is 55.0 cm³/mol. The molecule has 0 aliphatic carbocycles. The number of alkyl halides is 1. The second kappa shape index (κ2) is 9.59. The van der Waals surface area contributed by atoms with E-state index in [-0.39, 0.29) is 5.97 Å². The summed E-state index contributed by atoms with van der Waals surface area (Å²) in [7, 11) is 0. The highest BCUT2D eigenvalue weighted by atomic mass is 35.5. The summed E-state index contributed by atoms with van der Waals surface area (Å²) in [6.07, 6.45) is 7.30. The van der Waals surface area contributed by atoms with Crippen molar-refractivity contribution in [1.82, 2.24) is 0 Å². The molecule has 0 saturated heterocycles. The van der Waals surface area contributed by atoms with Crippen molar-refractivity contribution >= 4 is 17.6 Å². The number of hydrogen-bond acceptors (Lipinski definition) is 2. The Balaban J connectivity index is 3.20. The summed E-state index contributed by atoms with van der Waals surface area (Å²) >= 11 is 5.48. The summed E-state index contributed by atoms with van der Waals surface area (Å²) in [6.45, 7) is 2.29. The van der Waals surface area contributed by atoms with E-state index in [1.165, 1.54) is 0 Å². The summed E-state index contributed by atoms with van der Waals surface area (Å²) in [5, 5.41) is 0. The van der Waals surface area contributed by atoms with Crippen LogP contribution in [0.3, 0.4) is 0 Å². The summed E-state index contributed by atoms with van der Waals surface area (Å²) < 4.78 is 4.79. The van der Waals surface area contributed by atoms with Gasteiger partial charge in [0, 0.05) is 12.3 Å². The average molecular weight is 205 g/mol. The molecule has 0 aromatic heterocycles. The van der Waals surface area contributed by atoms with Crippen LogP contribution < -0.4 is 0 Å². The summed E-state index contributed by atoms with van der Waals surface area (Å²) in [4.78, 5) is 10.9. The molecule has 0 amide bonds. The number of allylic oxidation sites excluding steroid dienone is 2. The number of halogens is 1. The molecule has 0 aliphatic heterocycles. The Labute approximate surface area is 84.9 Å². The normalized spacial score (nSPS) is 10.6. The first-order chi connectivity index (χ1) is 6.31. The van der Waals surface area contributed by atoms with Crippen molar-refractivity contribution < 1.29 is 9.53 Å². The lowest BCUT2D eigenvalue weighted by atomic mass is 10.2. The molecule has 0 N–H and O–H groups in total. The Kier molecular flexibility index (Phi) is 9.22. The monoisotopic (exact) mass is 204 g/mol. The molecule has 0 saturated carbocycles. The highest BCUT2D eigenvalue weighted by molar-refractivity contribution is 6.17. The maximum atomic E-state index is 10.9. The summed E-state index contributed by atoms with van der Waals surface area (Å²) in [6, 6.07) is 0. The summed E-state index contributed by atoms with van der Waals surface area (Å²) in [5.74, 6) is 0.558. The number of hydrogen-bond donors (Lipinski definition) is 0. The Morgan fingerprint density at radius 2 is 2.08 bits per heavy atom. The van der Waals surface area contributed by atoms with Gasteiger partial charge >= 0.3 is 5.97 Å². The van der Waals surface area contributed by atoms with Crippen LogP contribution >= 0.6 is 11.6 Å². The zero-order chi connectivity index (χ0) is 9.94. The van der Waals surface area contributed by atoms with E-state index >= 15 is 0 Å². The first-order valence-electron chi connectivity index (χ1n) is 4.67. The van der Waals surface area contributed by atoms with Crippen LogP contribution in [0, 0.1) is 0 Å². The summed E-state index contributed by atoms with van der Waals surface area (Å²) in [5.41, 5.74) is 0. The van der Waals surface area contributed by atoms with E-state index in [0.29, 0.717) is 18.9 Å². The first kappa shape index (κ1) is 12.5. The molecule has 3 heteroatoms. The van der Waals surface area contributed by atoms with Crippen molar-refractivity contribution in [2.75, 3.05) is 12.5 Å². The molecular formula is C10H17ClO2. The Hall–Kier alpha value is -0.500. The van der Waals surface area contributed by atoms with Crippen LogP contribution in [0.15, 0.2) is 12.2 Å². The molecule has 2 nitrogen and oxygen atoms in total. The zero-order valence-electron chi connectivity index (χ0n) is 8.09. The number of esters is 1. The fourth-order valence-corrected chi connectivity index (χ4v) is 1.02. The van der Waals surface area contributed by atoms with Crippen molar-refractivity contribution in [2.45, 2.75) is 32.6 Å². The Morgan fingerprint density at radius 1 is 1.38 bits per heavy atom. The number of carbonyl (C=O) groups is 1. The van der Waals surface area contributed by atoms with Gasteiger partial charge in [-0.2, -0.15) is 0 Å². The van der Waals surface area contributed by atoms with Crippen LogP contribution in [-0.2, 0) is 9.53 Å². The molecule has 0 bridgehead atoms. The number of ether oxygens (including phenoxy) is 1. The van der Waals surface area contributed by atoms with Crippen molar-refractivity contribution in [3.05, 3.63) is 12.2 Å². The fraction of sp³-hybridized carbons (Fsp3) is 0.700. The lowest BCUT2D eigenvalue weighted by Gasteiger charge is -1.98. The van der Waals surface area contributed by atoms with Crippen LogP contribution in [0.4, 0.5) is 0 Å². The SMILES string of the molecule is CCOC(=O)CCCC=CCCCl. The zero-order valence-corrected chi connectivity index (χ0v) is 8.85. The maximum Gasteiger partial charge on any atom is 0.305 e. The second-order valence-corrected chi connectivity index (χ2v) is 3.02. The molecule has 0 rings (SSSR count). The molecule has 0 atom stereocenters. The van der Waals surface area contributed by atoms with E-state index in [1.807, 2.05) is 13.0 Å². The topological polar surface area (TPSA) is 26.3 Å². The third kappa shape index (κ3) is 9.41. The van der Waals surface area contributed by atoms with Gasteiger partial charge in [0.05, 0.1) is 6.61 Å². The van der Waals surface area contributed by atoms with Crippen LogP contribution in [0.5, 0.6) is 0 Å². The lowest BCUT2D eigenvalue weighted by Crippen LogP contribution is -2.02. The van der Waals surface area contributed by atoms with Gasteiger partial charge in [0.2, 0.25) is 0 Å². The van der Waals surface area contributed by atoms with Gasteiger partial charge in [-0.25, -0.2) is 0 Å². The maximum absolute atomic E-state index is 10.9. The van der Waals surface area contributed by atoms with E-state index in [4.69, 9.17) is 16.3 Å². The smallest absolute Gasteiger partial charge is 0.305 e. The molecule has 76 valence electrons. The molecule has 0 heterocycles. The van der Waals surface area contributed by atoms with Gasteiger partial charge in [-0.3, -0.25) is 4.79 Å². The highest BCUT2D eigenvalue weighted by Gasteiger charge is 1.98. The lowest BCUT2D eigenvalue weighted by molar-refractivity contribution is -0.143. The van der Waals surface area contributed by atoms with Gasteiger partial charge in [0.25, 0.3) is 0 Å². The number of unbranched alkanes of at least 4 members (excludes halogenated alkanes) is 1. The molecule has 0 radical (unpaired) electrons. The van der Waals surface area contributed by atoms with Crippen molar-refractivity contribution in [2.24, 2.45) is 0 Å². The fourth-order valence-electron chi connectivity index (χ4n) is 0.896. The largest absolute Gasteiger partial charge is 0.466 e. The minimum atomic E-state index is -0.103. The number of rotatable bonds is 7. The van der Waals surface area contributed by atoms with E-state index < -0.39 is 0 Å². The molecule has 13 heavy (non-hydrogen) atoms. The Bertz CT molecular complexity index is 155. The van der Waals surface area contributed by atoms with Crippen molar-refractivity contribution in [3.63, 3.8) is 0 Å². The van der Waals surface area contributed by atoms with E-state index in [1.54, 1.807) is 0 Å². The van der Waals surface area contributed by atoms with Gasteiger partial charge in [0.15, 0.2) is 0 Å². The molecule has 0 spiro atoms. The molecule has 0 aromatic carbocycles. The second-order valence-electron chi connectivity index (χ2n) is 2.65. The third-order valence-corrected chi connectivity index (χ3v) is 1.72.